The quantitative estimate of drug-likeness (QED) is 0.779. The summed E-state index contributed by atoms with van der Waals surface area (Å²) in [5.74, 6) is 0.0834. The maximum Gasteiger partial charge on any atom is 0.273 e. The van der Waals surface area contributed by atoms with Gasteiger partial charge in [-0.25, -0.2) is 0 Å². The molecule has 1 fully saturated rings. The molecule has 2 rings (SSSR count). The molecule has 0 aromatic carbocycles. The van der Waals surface area contributed by atoms with Crippen LogP contribution in [-0.4, -0.2) is 52.8 Å². The van der Waals surface area contributed by atoms with E-state index in [0.717, 1.165) is 37.6 Å². The molecule has 0 radical (unpaired) electrons. The lowest BCUT2D eigenvalue weighted by Gasteiger charge is -2.33. The topological polar surface area (TPSA) is 36.4 Å². The van der Waals surface area contributed by atoms with Crippen molar-refractivity contribution in [3.05, 3.63) is 16.6 Å². The third-order valence-corrected chi connectivity index (χ3v) is 3.65. The summed E-state index contributed by atoms with van der Waals surface area (Å²) in [4.78, 5) is 17.4. The van der Waals surface area contributed by atoms with E-state index in [1.165, 1.54) is 11.5 Å². The van der Waals surface area contributed by atoms with E-state index in [1.807, 2.05) is 17.9 Å². The molecule has 0 saturated carbocycles. The number of nitrogens with zero attached hydrogens (tertiary/aromatic N) is 3. The molecule has 1 aliphatic rings. The van der Waals surface area contributed by atoms with Crippen LogP contribution in [0.15, 0.2) is 6.07 Å². The van der Waals surface area contributed by atoms with Crippen molar-refractivity contribution in [2.24, 2.45) is 0 Å². The average molecular weight is 239 g/mol. The van der Waals surface area contributed by atoms with Crippen molar-refractivity contribution < 1.29 is 4.79 Å². The van der Waals surface area contributed by atoms with Gasteiger partial charge in [-0.1, -0.05) is 6.92 Å². The molecule has 0 N–H and O–H groups in total. The molecule has 1 aromatic heterocycles. The minimum Gasteiger partial charge on any atom is -0.335 e. The monoisotopic (exact) mass is 239 g/mol. The largest absolute Gasteiger partial charge is 0.335 e. The molecule has 0 bridgehead atoms. The van der Waals surface area contributed by atoms with Gasteiger partial charge in [0.1, 0.15) is 5.69 Å². The zero-order chi connectivity index (χ0) is 11.5. The Labute approximate surface area is 100 Å². The van der Waals surface area contributed by atoms with Gasteiger partial charge in [-0.2, -0.15) is 4.37 Å². The van der Waals surface area contributed by atoms with Crippen molar-refractivity contribution in [3.63, 3.8) is 0 Å². The van der Waals surface area contributed by atoms with Crippen LogP contribution in [0, 0.1) is 6.92 Å². The molecule has 88 valence electrons. The van der Waals surface area contributed by atoms with E-state index < -0.39 is 0 Å². The second-order valence-electron chi connectivity index (χ2n) is 4.05. The van der Waals surface area contributed by atoms with Crippen LogP contribution in [0.3, 0.4) is 0 Å². The van der Waals surface area contributed by atoms with Crippen LogP contribution < -0.4 is 0 Å². The number of carbonyl (C=O) groups is 1. The number of aryl methyl sites for hydroxylation is 1. The summed E-state index contributed by atoms with van der Waals surface area (Å²) in [7, 11) is 0. The smallest absolute Gasteiger partial charge is 0.273 e. The Bertz CT molecular complexity index is 369. The van der Waals surface area contributed by atoms with Crippen LogP contribution >= 0.6 is 11.5 Å². The van der Waals surface area contributed by atoms with E-state index >= 15 is 0 Å². The summed E-state index contributed by atoms with van der Waals surface area (Å²) in [6, 6.07) is 1.87. The molecule has 16 heavy (non-hydrogen) atoms. The lowest BCUT2D eigenvalue weighted by Crippen LogP contribution is -2.48. The van der Waals surface area contributed by atoms with Crippen LogP contribution in [0.4, 0.5) is 0 Å². The summed E-state index contributed by atoms with van der Waals surface area (Å²) in [5, 5.41) is 0. The lowest BCUT2D eigenvalue weighted by molar-refractivity contribution is 0.0639. The van der Waals surface area contributed by atoms with Gasteiger partial charge >= 0.3 is 0 Å². The molecule has 4 nitrogen and oxygen atoms in total. The van der Waals surface area contributed by atoms with Gasteiger partial charge in [0, 0.05) is 31.1 Å². The van der Waals surface area contributed by atoms with Gasteiger partial charge in [0.2, 0.25) is 0 Å². The van der Waals surface area contributed by atoms with Gasteiger partial charge in [0.25, 0.3) is 5.91 Å². The highest BCUT2D eigenvalue weighted by molar-refractivity contribution is 7.05. The van der Waals surface area contributed by atoms with Crippen molar-refractivity contribution in [1.29, 1.82) is 0 Å². The summed E-state index contributed by atoms with van der Waals surface area (Å²) in [6.45, 7) is 8.80. The number of aromatic nitrogens is 1. The fraction of sp³-hybridized carbons (Fsp3) is 0.636. The fourth-order valence-electron chi connectivity index (χ4n) is 1.90. The van der Waals surface area contributed by atoms with Crippen LogP contribution in [0.2, 0.25) is 0 Å². The molecule has 0 spiro atoms. The Morgan fingerprint density at radius 1 is 1.44 bits per heavy atom. The van der Waals surface area contributed by atoms with Crippen LogP contribution in [0.25, 0.3) is 0 Å². The van der Waals surface area contributed by atoms with E-state index in [0.29, 0.717) is 5.69 Å². The van der Waals surface area contributed by atoms with E-state index in [1.54, 1.807) is 0 Å². The summed E-state index contributed by atoms with van der Waals surface area (Å²) in [6.07, 6.45) is 0. The van der Waals surface area contributed by atoms with Crippen LogP contribution in [0.5, 0.6) is 0 Å². The maximum atomic E-state index is 12.1. The van der Waals surface area contributed by atoms with Gasteiger partial charge in [0.05, 0.1) is 0 Å². The molecule has 0 atom stereocenters. The van der Waals surface area contributed by atoms with Crippen molar-refractivity contribution in [2.75, 3.05) is 32.7 Å². The van der Waals surface area contributed by atoms with Gasteiger partial charge in [-0.15, -0.1) is 0 Å². The van der Waals surface area contributed by atoms with E-state index in [2.05, 4.69) is 16.2 Å². The first-order valence-electron chi connectivity index (χ1n) is 5.65. The summed E-state index contributed by atoms with van der Waals surface area (Å²) < 4.78 is 4.17. The molecular weight excluding hydrogens is 222 g/mol. The Balaban J connectivity index is 1.96. The molecule has 2 heterocycles. The number of hydrogen-bond acceptors (Lipinski definition) is 4. The summed E-state index contributed by atoms with van der Waals surface area (Å²) in [5.41, 5.74) is 0.604. The van der Waals surface area contributed by atoms with Gasteiger partial charge in [0.15, 0.2) is 0 Å². The standard InChI is InChI=1S/C11H17N3OS/c1-3-13-4-6-14(7-5-13)11(15)10-8-9(2)16-12-10/h8H,3-7H2,1-2H3. The number of piperazine rings is 1. The summed E-state index contributed by atoms with van der Waals surface area (Å²) >= 11 is 1.39. The number of likely N-dealkylation sites (N-methyl/N-ethyl adjacent to an activating group) is 1. The Hall–Kier alpha value is -0.940. The number of hydrogen-bond donors (Lipinski definition) is 0. The van der Waals surface area contributed by atoms with Gasteiger partial charge < -0.3 is 9.80 Å². The first-order valence-corrected chi connectivity index (χ1v) is 6.43. The lowest BCUT2D eigenvalue weighted by atomic mass is 10.2. The van der Waals surface area contributed by atoms with Crippen LogP contribution in [-0.2, 0) is 0 Å². The number of amides is 1. The molecular formula is C11H17N3OS. The molecule has 1 amide bonds. The highest BCUT2D eigenvalue weighted by Gasteiger charge is 2.22. The van der Waals surface area contributed by atoms with Gasteiger partial charge in [-0.3, -0.25) is 4.79 Å². The highest BCUT2D eigenvalue weighted by Crippen LogP contribution is 2.12. The third-order valence-electron chi connectivity index (χ3n) is 2.95. The Morgan fingerprint density at radius 3 is 2.62 bits per heavy atom. The first-order chi connectivity index (χ1) is 7.70. The normalized spacial score (nSPS) is 17.8. The van der Waals surface area contributed by atoms with Crippen molar-refractivity contribution >= 4 is 17.4 Å². The predicted octanol–water partition coefficient (Wildman–Crippen LogP) is 1.23. The number of rotatable bonds is 2. The Morgan fingerprint density at radius 2 is 2.12 bits per heavy atom. The van der Waals surface area contributed by atoms with Gasteiger partial charge in [-0.05, 0) is 31.1 Å². The molecule has 0 aliphatic carbocycles. The van der Waals surface area contributed by atoms with E-state index in [9.17, 15) is 4.79 Å². The second kappa shape index (κ2) is 4.93. The van der Waals surface area contributed by atoms with Crippen molar-refractivity contribution in [2.45, 2.75) is 13.8 Å². The fourth-order valence-corrected chi connectivity index (χ4v) is 2.43. The molecule has 1 aromatic rings. The zero-order valence-corrected chi connectivity index (χ0v) is 10.6. The minimum atomic E-state index is 0.0834. The van der Waals surface area contributed by atoms with Crippen molar-refractivity contribution in [3.8, 4) is 0 Å². The molecule has 1 saturated heterocycles. The minimum absolute atomic E-state index is 0.0834. The predicted molar refractivity (Wildman–Crippen MR) is 64.9 cm³/mol. The second-order valence-corrected chi connectivity index (χ2v) is 5.06. The van der Waals surface area contributed by atoms with E-state index in [4.69, 9.17) is 0 Å². The van der Waals surface area contributed by atoms with Crippen molar-refractivity contribution in [1.82, 2.24) is 14.2 Å². The number of carbonyl (C=O) groups excluding carboxylic acids is 1. The molecule has 5 heteroatoms. The SMILES string of the molecule is CCN1CCN(C(=O)c2cc(C)sn2)CC1. The maximum absolute atomic E-state index is 12.1. The molecule has 1 aliphatic heterocycles. The average Bonchev–Trinajstić information content (AvgIpc) is 2.75. The highest BCUT2D eigenvalue weighted by atomic mass is 32.1. The zero-order valence-electron chi connectivity index (χ0n) is 9.77. The first kappa shape index (κ1) is 11.5. The Kier molecular flexibility index (Phi) is 3.56. The van der Waals surface area contributed by atoms with E-state index in [-0.39, 0.29) is 5.91 Å². The van der Waals surface area contributed by atoms with Crippen LogP contribution in [0.1, 0.15) is 22.3 Å². The molecule has 0 unspecified atom stereocenters. The third kappa shape index (κ3) is 2.41.